The molecule has 0 bridgehead atoms. The predicted octanol–water partition coefficient (Wildman–Crippen LogP) is 6.57. The van der Waals surface area contributed by atoms with Gasteiger partial charge in [-0.2, -0.15) is 5.26 Å². The van der Waals surface area contributed by atoms with E-state index in [-0.39, 0.29) is 18.7 Å². The second kappa shape index (κ2) is 15.6. The molecule has 53 heavy (non-hydrogen) atoms. The van der Waals surface area contributed by atoms with E-state index in [0.29, 0.717) is 39.7 Å². The van der Waals surface area contributed by atoms with Crippen LogP contribution < -0.4 is 9.30 Å². The number of ether oxygens (including phenoxy) is 2. The molecule has 0 fully saturated rings. The van der Waals surface area contributed by atoms with E-state index in [1.165, 1.54) is 29.1 Å². The lowest BCUT2D eigenvalue weighted by atomic mass is 9.82. The summed E-state index contributed by atoms with van der Waals surface area (Å²) >= 11 is 1.30. The molecule has 0 radical (unpaired) electrons. The van der Waals surface area contributed by atoms with Crippen LogP contribution in [0.2, 0.25) is 0 Å². The van der Waals surface area contributed by atoms with E-state index in [1.54, 1.807) is 69.2 Å². The number of nitriles is 1. The Morgan fingerprint density at radius 2 is 1.77 bits per heavy atom. The van der Waals surface area contributed by atoms with Crippen molar-refractivity contribution in [2.24, 2.45) is 0 Å². The SMILES string of the molecule is Cc1cc(C[n+]2cnn(C[C@](O)(c3ccc(F)cc3F)C(C)c3nc(-c4ccc(C#N)cc4)cs3)c2)cc(C)c1OC(=O)CN(C)C(=O)OC(C)(C)C. The Kier molecular flexibility index (Phi) is 11.4. The minimum absolute atomic E-state index is 0.0998. The Labute approximate surface area is 310 Å². The Hall–Kier alpha value is -5.52. The number of hydrogen-bond donors (Lipinski definition) is 1. The van der Waals surface area contributed by atoms with Gasteiger partial charge >= 0.3 is 12.1 Å². The van der Waals surface area contributed by atoms with Crippen LogP contribution in [0, 0.1) is 36.8 Å². The minimum Gasteiger partial charge on any atom is -0.444 e. The zero-order chi connectivity index (χ0) is 38.7. The second-order valence-corrected chi connectivity index (χ2v) is 14.9. The highest BCUT2D eigenvalue weighted by atomic mass is 32.1. The summed E-state index contributed by atoms with van der Waals surface area (Å²) in [6.45, 7) is 10.5. The normalized spacial score (nSPS) is 13.2. The number of aromatic nitrogens is 4. The molecule has 276 valence electrons. The first kappa shape index (κ1) is 38.7. The number of benzene rings is 3. The molecule has 5 aromatic rings. The van der Waals surface area contributed by atoms with Crippen LogP contribution in [0.1, 0.15) is 66.4 Å². The number of carbonyl (C=O) groups excluding carboxylic acids is 2. The molecule has 2 aromatic heterocycles. The maximum Gasteiger partial charge on any atom is 0.410 e. The lowest BCUT2D eigenvalue weighted by Gasteiger charge is -2.32. The lowest BCUT2D eigenvalue weighted by molar-refractivity contribution is -0.689. The zero-order valence-electron chi connectivity index (χ0n) is 30.6. The Morgan fingerprint density at radius 3 is 2.40 bits per heavy atom. The van der Waals surface area contributed by atoms with Gasteiger partial charge in [0.15, 0.2) is 0 Å². The molecular formula is C39H41F2N6O5S+. The highest BCUT2D eigenvalue weighted by Gasteiger charge is 2.43. The van der Waals surface area contributed by atoms with E-state index < -0.39 is 40.8 Å². The highest BCUT2D eigenvalue weighted by molar-refractivity contribution is 7.10. The van der Waals surface area contributed by atoms with E-state index in [4.69, 9.17) is 19.7 Å². The minimum atomic E-state index is -1.89. The maximum absolute atomic E-state index is 15.4. The molecule has 0 spiro atoms. The number of amides is 1. The van der Waals surface area contributed by atoms with Crippen molar-refractivity contribution in [1.82, 2.24) is 19.7 Å². The first-order valence-electron chi connectivity index (χ1n) is 16.8. The summed E-state index contributed by atoms with van der Waals surface area (Å²) in [4.78, 5) is 30.9. The third-order valence-electron chi connectivity index (χ3n) is 8.52. The third-order valence-corrected chi connectivity index (χ3v) is 9.55. The van der Waals surface area contributed by atoms with E-state index in [1.807, 2.05) is 31.4 Å². The molecule has 11 nitrogen and oxygen atoms in total. The molecule has 0 aliphatic carbocycles. The summed E-state index contributed by atoms with van der Waals surface area (Å²) in [5.41, 5.74) is 1.54. The fourth-order valence-electron chi connectivity index (χ4n) is 5.86. The van der Waals surface area contributed by atoms with Gasteiger partial charge in [-0.3, -0.25) is 0 Å². The molecular weight excluding hydrogens is 703 g/mol. The van der Waals surface area contributed by atoms with Crippen molar-refractivity contribution in [3.8, 4) is 23.1 Å². The van der Waals surface area contributed by atoms with Crippen LogP contribution in [0.25, 0.3) is 11.3 Å². The van der Waals surface area contributed by atoms with Gasteiger partial charge in [-0.05, 0) is 81.6 Å². The van der Waals surface area contributed by atoms with Crippen LogP contribution in [-0.4, -0.2) is 56.0 Å². The first-order valence-corrected chi connectivity index (χ1v) is 17.6. The van der Waals surface area contributed by atoms with Gasteiger partial charge in [0.05, 0.1) is 28.9 Å². The van der Waals surface area contributed by atoms with Gasteiger partial charge in [-0.25, -0.2) is 27.9 Å². The number of hydrogen-bond acceptors (Lipinski definition) is 9. The standard InChI is InChI=1S/C39H41F2N6O5S/c1-24-14-28(15-25(2)35(24)51-34(48)19-45(7)37(49)52-38(4,5)6)18-46-22-43-47(23-46)21-39(50,31-13-12-30(40)16-32(31)41)26(3)36-44-33(20-53-36)29-10-8-27(17-42)9-11-29/h8-16,20,22-23,26,50H,18-19,21H2,1-7H3/q+1/t26?,39-/m1/s1. The zero-order valence-corrected chi connectivity index (χ0v) is 31.4. The second-order valence-electron chi connectivity index (χ2n) is 14.0. The molecule has 1 unspecified atom stereocenters. The van der Waals surface area contributed by atoms with E-state index >= 15 is 4.39 Å². The fourth-order valence-corrected chi connectivity index (χ4v) is 6.83. The molecule has 1 amide bonds. The number of aryl methyl sites for hydroxylation is 2. The fraction of sp³-hybridized carbons (Fsp3) is 0.333. The van der Waals surface area contributed by atoms with E-state index in [0.717, 1.165) is 28.2 Å². The molecule has 0 aliphatic rings. The average molecular weight is 744 g/mol. The van der Waals surface area contributed by atoms with Crippen molar-refractivity contribution in [3.63, 3.8) is 0 Å². The first-order chi connectivity index (χ1) is 24.9. The lowest BCUT2D eigenvalue weighted by Crippen LogP contribution is -2.39. The number of esters is 1. The Bertz CT molecular complexity index is 2150. The third kappa shape index (κ3) is 9.29. The molecule has 0 aliphatic heterocycles. The number of likely N-dealkylation sites (N-methyl/N-ethyl adjacent to an activating group) is 1. The van der Waals surface area contributed by atoms with Gasteiger partial charge in [0.2, 0.25) is 6.33 Å². The van der Waals surface area contributed by atoms with Gasteiger partial charge < -0.3 is 19.5 Å². The van der Waals surface area contributed by atoms with Gasteiger partial charge in [0.1, 0.15) is 41.7 Å². The molecule has 0 saturated carbocycles. The topological polar surface area (TPSA) is 134 Å². The summed E-state index contributed by atoms with van der Waals surface area (Å²) in [6, 6.07) is 15.9. The molecule has 14 heteroatoms. The van der Waals surface area contributed by atoms with Crippen LogP contribution in [-0.2, 0) is 28.2 Å². The summed E-state index contributed by atoms with van der Waals surface area (Å²) in [7, 11) is 1.46. The van der Waals surface area contributed by atoms with Crippen molar-refractivity contribution >= 4 is 23.4 Å². The maximum atomic E-state index is 15.4. The number of nitrogens with zero attached hydrogens (tertiary/aromatic N) is 6. The van der Waals surface area contributed by atoms with Crippen molar-refractivity contribution in [2.45, 2.75) is 71.8 Å². The smallest absolute Gasteiger partial charge is 0.410 e. The van der Waals surface area contributed by atoms with Gasteiger partial charge in [-0.15, -0.1) is 16.0 Å². The van der Waals surface area contributed by atoms with Gasteiger partial charge in [-0.1, -0.05) is 25.1 Å². The van der Waals surface area contributed by atoms with Crippen molar-refractivity contribution in [3.05, 3.63) is 117 Å². The summed E-state index contributed by atoms with van der Waals surface area (Å²) < 4.78 is 43.6. The number of thiazole rings is 1. The molecule has 1 N–H and O–H groups in total. The Balaban J connectivity index is 1.33. The summed E-state index contributed by atoms with van der Waals surface area (Å²) in [5, 5.41) is 28.3. The van der Waals surface area contributed by atoms with Gasteiger partial charge in [0.25, 0.3) is 6.33 Å². The van der Waals surface area contributed by atoms with Crippen LogP contribution in [0.4, 0.5) is 13.6 Å². The molecule has 0 saturated heterocycles. The largest absolute Gasteiger partial charge is 0.444 e. The van der Waals surface area contributed by atoms with Crippen LogP contribution in [0.5, 0.6) is 5.75 Å². The summed E-state index contributed by atoms with van der Waals surface area (Å²) in [5.74, 6) is -2.64. The number of rotatable bonds is 11. The molecule has 2 heterocycles. The van der Waals surface area contributed by atoms with Crippen molar-refractivity contribution < 1.29 is 37.5 Å². The van der Waals surface area contributed by atoms with Crippen LogP contribution in [0.15, 0.2) is 72.6 Å². The number of halogens is 2. The van der Waals surface area contributed by atoms with E-state index in [2.05, 4.69) is 11.2 Å². The van der Waals surface area contributed by atoms with E-state index in [9.17, 15) is 19.1 Å². The molecule has 2 atom stereocenters. The average Bonchev–Trinajstić information content (AvgIpc) is 3.75. The quantitative estimate of drug-likeness (QED) is 0.0913. The number of aliphatic hydroxyl groups is 1. The number of carbonyl (C=O) groups is 2. The van der Waals surface area contributed by atoms with Crippen molar-refractivity contribution in [2.75, 3.05) is 13.6 Å². The van der Waals surface area contributed by atoms with Crippen molar-refractivity contribution in [1.29, 1.82) is 5.26 Å². The molecule has 5 rings (SSSR count). The Morgan fingerprint density at radius 1 is 1.09 bits per heavy atom. The monoisotopic (exact) mass is 743 g/mol. The predicted molar refractivity (Wildman–Crippen MR) is 193 cm³/mol. The van der Waals surface area contributed by atoms with Gasteiger partial charge in [0, 0.05) is 40.6 Å². The highest BCUT2D eigenvalue weighted by Crippen LogP contribution is 2.41. The molecule has 3 aromatic carbocycles. The summed E-state index contributed by atoms with van der Waals surface area (Å²) in [6.07, 6.45) is 2.61. The van der Waals surface area contributed by atoms with Crippen LogP contribution >= 0.6 is 11.3 Å². The van der Waals surface area contributed by atoms with Crippen LogP contribution in [0.3, 0.4) is 0 Å².